The van der Waals surface area contributed by atoms with Crippen LogP contribution in [0.4, 0.5) is 0 Å². The highest BCUT2D eigenvalue weighted by Gasteiger charge is 2.10. The number of hydrogen-bond acceptors (Lipinski definition) is 3. The molecule has 16 heavy (non-hydrogen) atoms. The molecule has 1 aromatic carbocycles. The molecule has 2 aromatic rings. The lowest BCUT2D eigenvalue weighted by molar-refractivity contribution is 0.721. The Morgan fingerprint density at radius 3 is 2.88 bits per heavy atom. The SMILES string of the molecule is C=C(C)CC(N)c1cccc2nccnc12. The first-order valence-electron chi connectivity index (χ1n) is 5.28. The van der Waals surface area contributed by atoms with E-state index in [2.05, 4.69) is 16.5 Å². The molecule has 0 aliphatic rings. The van der Waals surface area contributed by atoms with E-state index in [1.807, 2.05) is 25.1 Å². The molecule has 3 nitrogen and oxygen atoms in total. The molecular weight excluding hydrogens is 198 g/mol. The molecule has 1 aromatic heterocycles. The molecule has 0 aliphatic heterocycles. The van der Waals surface area contributed by atoms with Gasteiger partial charge < -0.3 is 5.73 Å². The maximum absolute atomic E-state index is 6.13. The number of nitrogens with two attached hydrogens (primary N) is 1. The maximum Gasteiger partial charge on any atom is 0.0934 e. The van der Waals surface area contributed by atoms with Gasteiger partial charge in [0.05, 0.1) is 11.0 Å². The van der Waals surface area contributed by atoms with Gasteiger partial charge in [0.25, 0.3) is 0 Å². The van der Waals surface area contributed by atoms with Crippen LogP contribution in [0, 0.1) is 0 Å². The number of rotatable bonds is 3. The van der Waals surface area contributed by atoms with E-state index in [4.69, 9.17) is 5.73 Å². The predicted molar refractivity (Wildman–Crippen MR) is 65.9 cm³/mol. The van der Waals surface area contributed by atoms with Crippen LogP contribution in [-0.4, -0.2) is 9.97 Å². The molecule has 0 spiro atoms. The number of para-hydroxylation sites is 1. The predicted octanol–water partition coefficient (Wildman–Crippen LogP) is 2.60. The Bertz CT molecular complexity index is 514. The van der Waals surface area contributed by atoms with E-state index in [9.17, 15) is 0 Å². The van der Waals surface area contributed by atoms with Crippen LogP contribution in [0.2, 0.25) is 0 Å². The molecule has 82 valence electrons. The highest BCUT2D eigenvalue weighted by molar-refractivity contribution is 5.78. The monoisotopic (exact) mass is 213 g/mol. The second-order valence-electron chi connectivity index (χ2n) is 4.04. The minimum Gasteiger partial charge on any atom is -0.324 e. The molecular formula is C13H15N3. The van der Waals surface area contributed by atoms with Gasteiger partial charge in [-0.1, -0.05) is 17.7 Å². The summed E-state index contributed by atoms with van der Waals surface area (Å²) in [7, 11) is 0. The van der Waals surface area contributed by atoms with Gasteiger partial charge in [-0.2, -0.15) is 0 Å². The Labute approximate surface area is 95.0 Å². The standard InChI is InChI=1S/C13H15N3/c1-9(2)8-11(14)10-4-3-5-12-13(10)16-7-6-15-12/h3-7,11H,1,8,14H2,2H3. The van der Waals surface area contributed by atoms with Crippen molar-refractivity contribution in [1.29, 1.82) is 0 Å². The molecule has 1 atom stereocenters. The van der Waals surface area contributed by atoms with E-state index in [-0.39, 0.29) is 6.04 Å². The highest BCUT2D eigenvalue weighted by Crippen LogP contribution is 2.23. The largest absolute Gasteiger partial charge is 0.324 e. The van der Waals surface area contributed by atoms with Crippen LogP contribution in [0.25, 0.3) is 11.0 Å². The Morgan fingerprint density at radius 1 is 1.38 bits per heavy atom. The fourth-order valence-corrected chi connectivity index (χ4v) is 1.80. The summed E-state index contributed by atoms with van der Waals surface area (Å²) in [6.45, 7) is 5.87. The lowest BCUT2D eigenvalue weighted by atomic mass is 10.00. The van der Waals surface area contributed by atoms with Crippen LogP contribution < -0.4 is 5.73 Å². The highest BCUT2D eigenvalue weighted by atomic mass is 14.8. The van der Waals surface area contributed by atoms with Crippen molar-refractivity contribution < 1.29 is 0 Å². The van der Waals surface area contributed by atoms with Gasteiger partial charge in [0.2, 0.25) is 0 Å². The van der Waals surface area contributed by atoms with Crippen molar-refractivity contribution in [1.82, 2.24) is 9.97 Å². The van der Waals surface area contributed by atoms with Crippen molar-refractivity contribution in [3.63, 3.8) is 0 Å². The van der Waals surface area contributed by atoms with Gasteiger partial charge in [-0.05, 0) is 25.0 Å². The molecule has 0 radical (unpaired) electrons. The first-order chi connectivity index (χ1) is 7.68. The van der Waals surface area contributed by atoms with Crippen molar-refractivity contribution in [2.45, 2.75) is 19.4 Å². The Morgan fingerprint density at radius 2 is 2.12 bits per heavy atom. The van der Waals surface area contributed by atoms with Crippen LogP contribution in [0.3, 0.4) is 0 Å². The van der Waals surface area contributed by atoms with Gasteiger partial charge in [-0.25, -0.2) is 0 Å². The number of fused-ring (bicyclic) bond motifs is 1. The summed E-state index contributed by atoms with van der Waals surface area (Å²) >= 11 is 0. The smallest absolute Gasteiger partial charge is 0.0934 e. The summed E-state index contributed by atoms with van der Waals surface area (Å²) in [5.41, 5.74) is 10.0. The van der Waals surface area contributed by atoms with E-state index in [0.717, 1.165) is 28.6 Å². The Kier molecular flexibility index (Phi) is 2.97. The fourth-order valence-electron chi connectivity index (χ4n) is 1.80. The zero-order valence-corrected chi connectivity index (χ0v) is 9.35. The van der Waals surface area contributed by atoms with Gasteiger partial charge in [-0.3, -0.25) is 9.97 Å². The van der Waals surface area contributed by atoms with Crippen LogP contribution >= 0.6 is 0 Å². The molecule has 0 aliphatic carbocycles. The van der Waals surface area contributed by atoms with Crippen molar-refractivity contribution in [3.8, 4) is 0 Å². The third-order valence-electron chi connectivity index (χ3n) is 2.50. The summed E-state index contributed by atoms with van der Waals surface area (Å²) < 4.78 is 0. The molecule has 0 amide bonds. The lowest BCUT2D eigenvalue weighted by Crippen LogP contribution is -2.11. The van der Waals surface area contributed by atoms with Crippen LogP contribution in [0.1, 0.15) is 24.9 Å². The normalized spacial score (nSPS) is 12.6. The van der Waals surface area contributed by atoms with Crippen LogP contribution in [0.5, 0.6) is 0 Å². The second-order valence-corrected chi connectivity index (χ2v) is 4.04. The van der Waals surface area contributed by atoms with E-state index in [1.54, 1.807) is 12.4 Å². The van der Waals surface area contributed by atoms with Crippen LogP contribution in [0.15, 0.2) is 42.7 Å². The van der Waals surface area contributed by atoms with Crippen molar-refractivity contribution >= 4 is 11.0 Å². The minimum absolute atomic E-state index is 0.0575. The molecule has 0 saturated heterocycles. The van der Waals surface area contributed by atoms with Gasteiger partial charge in [0, 0.05) is 18.4 Å². The molecule has 0 saturated carbocycles. The Hall–Kier alpha value is -1.74. The summed E-state index contributed by atoms with van der Waals surface area (Å²) in [4.78, 5) is 8.60. The maximum atomic E-state index is 6.13. The van der Waals surface area contributed by atoms with E-state index in [0.29, 0.717) is 0 Å². The number of benzene rings is 1. The summed E-state index contributed by atoms with van der Waals surface area (Å²) in [5.74, 6) is 0. The zero-order chi connectivity index (χ0) is 11.5. The van der Waals surface area contributed by atoms with Crippen molar-refractivity contribution in [2.24, 2.45) is 5.73 Å². The molecule has 2 rings (SSSR count). The van der Waals surface area contributed by atoms with E-state index >= 15 is 0 Å². The van der Waals surface area contributed by atoms with E-state index in [1.165, 1.54) is 0 Å². The first kappa shape index (κ1) is 10.8. The topological polar surface area (TPSA) is 51.8 Å². The summed E-state index contributed by atoms with van der Waals surface area (Å²) in [6, 6.07) is 5.85. The average molecular weight is 213 g/mol. The molecule has 0 fully saturated rings. The third kappa shape index (κ3) is 2.09. The van der Waals surface area contributed by atoms with E-state index < -0.39 is 0 Å². The second kappa shape index (κ2) is 4.41. The first-order valence-corrected chi connectivity index (χ1v) is 5.28. The molecule has 0 bridgehead atoms. The van der Waals surface area contributed by atoms with Crippen molar-refractivity contribution in [2.75, 3.05) is 0 Å². The van der Waals surface area contributed by atoms with Gasteiger partial charge in [0.1, 0.15) is 0 Å². The molecule has 1 unspecified atom stereocenters. The minimum atomic E-state index is -0.0575. The molecule has 3 heteroatoms. The number of aromatic nitrogens is 2. The average Bonchev–Trinajstić information content (AvgIpc) is 2.27. The van der Waals surface area contributed by atoms with Gasteiger partial charge in [-0.15, -0.1) is 6.58 Å². The zero-order valence-electron chi connectivity index (χ0n) is 9.35. The summed E-state index contributed by atoms with van der Waals surface area (Å²) in [5, 5.41) is 0. The van der Waals surface area contributed by atoms with Gasteiger partial charge >= 0.3 is 0 Å². The number of hydrogen-bond donors (Lipinski definition) is 1. The quantitative estimate of drug-likeness (QED) is 0.797. The lowest BCUT2D eigenvalue weighted by Gasteiger charge is -2.13. The van der Waals surface area contributed by atoms with Gasteiger partial charge in [0.15, 0.2) is 0 Å². The number of nitrogens with zero attached hydrogens (tertiary/aromatic N) is 2. The van der Waals surface area contributed by atoms with Crippen molar-refractivity contribution in [3.05, 3.63) is 48.3 Å². The Balaban J connectivity index is 2.47. The third-order valence-corrected chi connectivity index (χ3v) is 2.50. The fraction of sp³-hybridized carbons (Fsp3) is 0.231. The van der Waals surface area contributed by atoms with Crippen LogP contribution in [-0.2, 0) is 0 Å². The summed E-state index contributed by atoms with van der Waals surface area (Å²) in [6.07, 6.45) is 4.16. The molecule has 1 heterocycles. The molecule has 2 N–H and O–H groups in total.